The zero-order chi connectivity index (χ0) is 39.7. The molecule has 0 radical (unpaired) electrons. The number of nitrogens with zero attached hydrogens (tertiary/aromatic N) is 6. The number of carbonyl (C=O) groups is 4. The molecule has 4 saturated heterocycles. The quantitative estimate of drug-likeness (QED) is 0.184. The second kappa shape index (κ2) is 14.4. The van der Waals surface area contributed by atoms with Gasteiger partial charge in [-0.1, -0.05) is 18.9 Å². The van der Waals surface area contributed by atoms with E-state index in [0.29, 0.717) is 35.9 Å². The van der Waals surface area contributed by atoms with Gasteiger partial charge in [0.25, 0.3) is 5.91 Å². The maximum Gasteiger partial charge on any atom is 0.255 e. The summed E-state index contributed by atoms with van der Waals surface area (Å²) in [6, 6.07) is 14.3. The number of aromatic amines is 1. The number of amides is 4. The highest BCUT2D eigenvalue weighted by Crippen LogP contribution is 2.62. The van der Waals surface area contributed by atoms with Gasteiger partial charge in [-0.15, -0.1) is 0 Å². The number of fused-ring (bicyclic) bond motifs is 2. The van der Waals surface area contributed by atoms with Gasteiger partial charge >= 0.3 is 0 Å². The van der Waals surface area contributed by atoms with Crippen molar-refractivity contribution in [3.8, 4) is 5.75 Å². The van der Waals surface area contributed by atoms with Crippen LogP contribution < -0.4 is 24.8 Å². The van der Waals surface area contributed by atoms with Crippen molar-refractivity contribution in [1.82, 2.24) is 25.3 Å². The first-order valence-electron chi connectivity index (χ1n) is 20.9. The van der Waals surface area contributed by atoms with E-state index in [4.69, 9.17) is 4.74 Å². The highest BCUT2D eigenvalue weighted by molar-refractivity contribution is 6.11. The molecule has 10 rings (SSSR count). The van der Waals surface area contributed by atoms with E-state index in [0.717, 1.165) is 118 Å². The zero-order valence-electron chi connectivity index (χ0n) is 32.8. The van der Waals surface area contributed by atoms with Gasteiger partial charge in [-0.3, -0.25) is 34.5 Å². The minimum atomic E-state index is -0.616. The summed E-state index contributed by atoms with van der Waals surface area (Å²) in [4.78, 5) is 61.8. The fraction of sp³-hybridized carbons (Fsp3) is 0.477. The summed E-state index contributed by atoms with van der Waals surface area (Å²) in [5.74, 6) is 0.115. The standard InChI is InChI=1S/C44H49FN8O5/c1-58-38-23-37(33(45)22-31(38)40-44(13-2-3-14-44)43(57)53(40)35-6-4-5-34-32(35)24-46-48-34)51-15-11-27(12-16-51)25-49-17-19-50(20-18-49)29-7-8-30-28(21-29)26-52(42(30)56)36-9-10-39(54)47-41(36)55/h4-8,21-24,27,36,40H,2-3,9-20,25-26H2,1H3,(H,46,48)(H,47,54,55)/t36-,40-/m0/s1. The summed E-state index contributed by atoms with van der Waals surface area (Å²) in [5.41, 5.74) is 5.00. The molecule has 1 aliphatic carbocycles. The molecule has 1 saturated carbocycles. The van der Waals surface area contributed by atoms with E-state index < -0.39 is 17.4 Å². The molecule has 3 aromatic carbocycles. The number of halogens is 1. The average molecular weight is 789 g/mol. The number of carbonyl (C=O) groups excluding carboxylic acids is 4. The molecular formula is C44H49FN8O5. The van der Waals surface area contributed by atoms with Gasteiger partial charge in [-0.2, -0.15) is 5.10 Å². The minimum absolute atomic E-state index is 0.0970. The third kappa shape index (κ3) is 6.01. The molecule has 4 amide bonds. The summed E-state index contributed by atoms with van der Waals surface area (Å²) in [6.45, 7) is 6.51. The van der Waals surface area contributed by atoms with Crippen LogP contribution in [-0.2, 0) is 20.9 Å². The Morgan fingerprint density at radius 2 is 1.69 bits per heavy atom. The Morgan fingerprint density at radius 1 is 0.897 bits per heavy atom. The van der Waals surface area contributed by atoms with E-state index in [2.05, 4.69) is 36.3 Å². The van der Waals surface area contributed by atoms with Gasteiger partial charge in [0.1, 0.15) is 17.6 Å². The van der Waals surface area contributed by atoms with Crippen molar-refractivity contribution in [3.05, 3.63) is 77.2 Å². The zero-order valence-corrected chi connectivity index (χ0v) is 32.8. The van der Waals surface area contributed by atoms with E-state index in [1.807, 2.05) is 41.3 Å². The predicted molar refractivity (Wildman–Crippen MR) is 216 cm³/mol. The van der Waals surface area contributed by atoms with Crippen LogP contribution >= 0.6 is 0 Å². The molecule has 5 aliphatic heterocycles. The third-order valence-corrected chi connectivity index (χ3v) is 14.0. The van der Waals surface area contributed by atoms with E-state index in [-0.39, 0.29) is 36.0 Å². The van der Waals surface area contributed by atoms with E-state index in [9.17, 15) is 19.2 Å². The van der Waals surface area contributed by atoms with Crippen LogP contribution in [0.25, 0.3) is 10.9 Å². The number of H-pyrrole nitrogens is 1. The number of anilines is 3. The summed E-state index contributed by atoms with van der Waals surface area (Å²) >= 11 is 0. The normalized spacial score (nSPS) is 23.9. The molecule has 0 bridgehead atoms. The number of hydrogen-bond donors (Lipinski definition) is 2. The fourth-order valence-corrected chi connectivity index (χ4v) is 10.9. The highest BCUT2D eigenvalue weighted by Gasteiger charge is 2.63. The van der Waals surface area contributed by atoms with Crippen molar-refractivity contribution >= 4 is 51.6 Å². The summed E-state index contributed by atoms with van der Waals surface area (Å²) in [5, 5.41) is 10.5. The van der Waals surface area contributed by atoms with Gasteiger partial charge in [0.2, 0.25) is 17.7 Å². The van der Waals surface area contributed by atoms with Gasteiger partial charge in [0, 0.05) is 87.0 Å². The lowest BCUT2D eigenvalue weighted by molar-refractivity contribution is -0.140. The molecule has 6 aliphatic rings. The van der Waals surface area contributed by atoms with Crippen molar-refractivity contribution in [1.29, 1.82) is 0 Å². The molecule has 13 nitrogen and oxygen atoms in total. The van der Waals surface area contributed by atoms with E-state index >= 15 is 4.39 Å². The number of hydrogen-bond acceptors (Lipinski definition) is 9. The van der Waals surface area contributed by atoms with Crippen LogP contribution in [0.2, 0.25) is 0 Å². The molecule has 58 heavy (non-hydrogen) atoms. The molecular weight excluding hydrogens is 740 g/mol. The first-order valence-corrected chi connectivity index (χ1v) is 20.9. The molecule has 1 aromatic heterocycles. The Hall–Kier alpha value is -5.50. The smallest absolute Gasteiger partial charge is 0.255 e. The molecule has 0 unspecified atom stereocenters. The van der Waals surface area contributed by atoms with Crippen LogP contribution in [0.3, 0.4) is 0 Å². The van der Waals surface area contributed by atoms with Gasteiger partial charge in [0.05, 0.1) is 41.7 Å². The van der Waals surface area contributed by atoms with Crippen molar-refractivity contribution in [2.45, 2.75) is 70.0 Å². The monoisotopic (exact) mass is 788 g/mol. The average Bonchev–Trinajstić information content (AvgIpc) is 4.01. The highest BCUT2D eigenvalue weighted by atomic mass is 19.1. The number of piperazine rings is 1. The minimum Gasteiger partial charge on any atom is -0.496 e. The number of benzene rings is 3. The lowest BCUT2D eigenvalue weighted by atomic mass is 9.66. The second-order valence-corrected chi connectivity index (χ2v) is 17.1. The Balaban J connectivity index is 0.769. The Morgan fingerprint density at radius 3 is 2.45 bits per heavy atom. The molecule has 6 heterocycles. The summed E-state index contributed by atoms with van der Waals surface area (Å²) in [7, 11) is 1.64. The fourth-order valence-electron chi connectivity index (χ4n) is 10.9. The first-order chi connectivity index (χ1) is 28.2. The van der Waals surface area contributed by atoms with Crippen LogP contribution in [0.15, 0.2) is 54.7 Å². The van der Waals surface area contributed by atoms with Crippen molar-refractivity contribution in [2.24, 2.45) is 11.3 Å². The lowest BCUT2D eigenvalue weighted by Crippen LogP contribution is -2.62. The van der Waals surface area contributed by atoms with Gasteiger partial charge in [0.15, 0.2) is 0 Å². The third-order valence-electron chi connectivity index (χ3n) is 14.0. The molecule has 4 aromatic rings. The first kappa shape index (κ1) is 36.8. The SMILES string of the molecule is COc1cc(N2CCC(CN3CCN(c4ccc5c(c4)CN([C@H]4CCC(=O)NC4=O)C5=O)CC3)CC2)c(F)cc1[C@@H]1N(c2cccc3[nH]ncc23)C(=O)C12CCCC2. The molecule has 2 atom stereocenters. The maximum absolute atomic E-state index is 16.4. The summed E-state index contributed by atoms with van der Waals surface area (Å²) in [6.07, 6.45) is 7.81. The van der Waals surface area contributed by atoms with Gasteiger partial charge in [-0.25, -0.2) is 4.39 Å². The molecule has 2 N–H and O–H groups in total. The number of ether oxygens (including phenoxy) is 1. The van der Waals surface area contributed by atoms with Crippen molar-refractivity contribution in [3.63, 3.8) is 0 Å². The van der Waals surface area contributed by atoms with Crippen LogP contribution in [0, 0.1) is 17.2 Å². The second-order valence-electron chi connectivity index (χ2n) is 17.1. The largest absolute Gasteiger partial charge is 0.496 e. The number of rotatable bonds is 8. The van der Waals surface area contributed by atoms with Crippen molar-refractivity contribution in [2.75, 3.05) is 67.6 Å². The van der Waals surface area contributed by atoms with E-state index in [1.54, 1.807) is 24.3 Å². The summed E-state index contributed by atoms with van der Waals surface area (Å²) < 4.78 is 22.4. The van der Waals surface area contributed by atoms with Crippen molar-refractivity contribution < 1.29 is 28.3 Å². The molecule has 1 spiro atoms. The molecule has 302 valence electrons. The number of methoxy groups -OCH3 is 1. The van der Waals surface area contributed by atoms with Crippen LogP contribution in [0.5, 0.6) is 5.75 Å². The van der Waals surface area contributed by atoms with Crippen LogP contribution in [0.1, 0.15) is 78.9 Å². The predicted octanol–water partition coefficient (Wildman–Crippen LogP) is 5.16. The van der Waals surface area contributed by atoms with Crippen LogP contribution in [0.4, 0.5) is 21.5 Å². The molecule has 14 heteroatoms. The maximum atomic E-state index is 16.4. The number of nitrogens with one attached hydrogen (secondary N) is 2. The Labute approximate surface area is 336 Å². The van der Waals surface area contributed by atoms with E-state index in [1.165, 1.54) is 0 Å². The number of aromatic nitrogens is 2. The Bertz CT molecular complexity index is 2310. The number of β-lactam (4-membered cyclic amide) rings is 1. The molecule has 5 fully saturated rings. The van der Waals surface area contributed by atoms with Gasteiger partial charge in [-0.05, 0) is 80.0 Å². The number of imide groups is 1. The Kier molecular flexibility index (Phi) is 9.14. The van der Waals surface area contributed by atoms with Gasteiger partial charge < -0.3 is 24.3 Å². The lowest BCUT2D eigenvalue weighted by Gasteiger charge is -2.55. The van der Waals surface area contributed by atoms with Crippen LogP contribution in [-0.4, -0.2) is 103 Å². The topological polar surface area (TPSA) is 134 Å². The number of piperidine rings is 2.